The molecule has 0 saturated heterocycles. The minimum atomic E-state index is -3.61. The molecular formula is C13H18O7S. The normalized spacial score (nSPS) is 11.3. The predicted molar refractivity (Wildman–Crippen MR) is 74.7 cm³/mol. The van der Waals surface area contributed by atoms with Gasteiger partial charge >= 0.3 is 5.97 Å². The molecule has 0 aliphatic rings. The van der Waals surface area contributed by atoms with Crippen LogP contribution in [0.2, 0.25) is 0 Å². The molecule has 1 aromatic carbocycles. The molecule has 0 fully saturated rings. The molecule has 8 heteroatoms. The number of sulfone groups is 1. The Kier molecular flexibility index (Phi) is 6.60. The van der Waals surface area contributed by atoms with Crippen molar-refractivity contribution < 1.29 is 32.5 Å². The van der Waals surface area contributed by atoms with Gasteiger partial charge < -0.3 is 19.3 Å². The molecule has 1 aromatic rings. The van der Waals surface area contributed by atoms with Crippen LogP contribution in [0.1, 0.15) is 10.4 Å². The zero-order valence-electron chi connectivity index (χ0n) is 11.9. The van der Waals surface area contributed by atoms with E-state index in [9.17, 15) is 13.2 Å². The van der Waals surface area contributed by atoms with Gasteiger partial charge in [-0.25, -0.2) is 13.2 Å². The monoisotopic (exact) mass is 318 g/mol. The average Bonchev–Trinajstić information content (AvgIpc) is 2.46. The molecule has 21 heavy (non-hydrogen) atoms. The molecule has 7 nitrogen and oxygen atoms in total. The van der Waals surface area contributed by atoms with Crippen LogP contribution in [-0.2, 0) is 19.3 Å². The van der Waals surface area contributed by atoms with Gasteiger partial charge in [0.15, 0.2) is 9.84 Å². The topological polar surface area (TPSA) is 99.1 Å². The first-order valence-electron chi connectivity index (χ1n) is 6.13. The molecule has 0 radical (unpaired) electrons. The zero-order chi connectivity index (χ0) is 15.9. The van der Waals surface area contributed by atoms with Crippen molar-refractivity contribution >= 4 is 15.8 Å². The molecule has 0 aliphatic heterocycles. The Morgan fingerprint density at radius 2 is 1.90 bits per heavy atom. The van der Waals surface area contributed by atoms with Gasteiger partial charge in [-0.3, -0.25) is 0 Å². The fourth-order valence-corrected chi connectivity index (χ4v) is 2.72. The second kappa shape index (κ2) is 7.96. The number of hydrogen-bond acceptors (Lipinski definition) is 6. The lowest BCUT2D eigenvalue weighted by molar-refractivity contribution is 0.0693. The molecule has 0 amide bonds. The van der Waals surface area contributed by atoms with Crippen molar-refractivity contribution in [1.29, 1.82) is 0 Å². The van der Waals surface area contributed by atoms with E-state index in [4.69, 9.17) is 19.3 Å². The number of ether oxygens (including phenoxy) is 3. The van der Waals surface area contributed by atoms with Crippen molar-refractivity contribution in [2.75, 3.05) is 39.8 Å². The lowest BCUT2D eigenvalue weighted by Gasteiger charge is -2.09. The molecule has 1 N–H and O–H groups in total. The van der Waals surface area contributed by atoms with Gasteiger partial charge in [-0.05, 0) is 18.2 Å². The van der Waals surface area contributed by atoms with Gasteiger partial charge in [0.05, 0.1) is 37.6 Å². The Bertz CT molecular complexity index is 580. The first-order chi connectivity index (χ1) is 9.92. The number of methoxy groups -OCH3 is 2. The molecule has 118 valence electrons. The highest BCUT2D eigenvalue weighted by Crippen LogP contribution is 2.23. The van der Waals surface area contributed by atoms with Crippen LogP contribution < -0.4 is 4.74 Å². The Balaban J connectivity index is 2.83. The minimum Gasteiger partial charge on any atom is -0.496 e. The molecule has 0 saturated carbocycles. The van der Waals surface area contributed by atoms with Crippen molar-refractivity contribution in [3.8, 4) is 5.75 Å². The number of rotatable bonds is 9. The molecule has 0 bridgehead atoms. The Morgan fingerprint density at radius 1 is 1.19 bits per heavy atom. The molecule has 0 heterocycles. The third-order valence-corrected chi connectivity index (χ3v) is 4.36. The summed E-state index contributed by atoms with van der Waals surface area (Å²) in [5, 5.41) is 9.05. The smallest absolute Gasteiger partial charge is 0.339 e. The van der Waals surface area contributed by atoms with Crippen molar-refractivity contribution in [2.24, 2.45) is 0 Å². The van der Waals surface area contributed by atoms with E-state index in [2.05, 4.69) is 0 Å². The van der Waals surface area contributed by atoms with E-state index in [1.165, 1.54) is 26.4 Å². The van der Waals surface area contributed by atoms with Gasteiger partial charge in [0.25, 0.3) is 0 Å². The highest BCUT2D eigenvalue weighted by Gasteiger charge is 2.19. The fraction of sp³-hybridized carbons (Fsp3) is 0.462. The Hall–Kier alpha value is -1.64. The summed E-state index contributed by atoms with van der Waals surface area (Å²) in [5.41, 5.74) is -0.195. The largest absolute Gasteiger partial charge is 0.496 e. The van der Waals surface area contributed by atoms with Crippen LogP contribution in [0.25, 0.3) is 0 Å². The lowest BCUT2D eigenvalue weighted by Crippen LogP contribution is -2.15. The summed E-state index contributed by atoms with van der Waals surface area (Å²) in [6.45, 7) is 0.695. The maximum absolute atomic E-state index is 12.1. The van der Waals surface area contributed by atoms with Gasteiger partial charge in [-0.1, -0.05) is 0 Å². The Morgan fingerprint density at radius 3 is 2.48 bits per heavy atom. The summed E-state index contributed by atoms with van der Waals surface area (Å²) >= 11 is 0. The number of carboxylic acids is 1. The Labute approximate surface area is 123 Å². The van der Waals surface area contributed by atoms with Crippen LogP contribution in [-0.4, -0.2) is 59.3 Å². The first kappa shape index (κ1) is 17.4. The summed E-state index contributed by atoms with van der Waals surface area (Å²) in [6.07, 6.45) is 0. The van der Waals surface area contributed by atoms with E-state index in [1.807, 2.05) is 0 Å². The van der Waals surface area contributed by atoms with E-state index in [-0.39, 0.29) is 28.6 Å². The molecule has 0 atom stereocenters. The van der Waals surface area contributed by atoms with E-state index in [0.717, 1.165) is 6.07 Å². The molecular weight excluding hydrogens is 300 g/mol. The van der Waals surface area contributed by atoms with Crippen LogP contribution in [0.15, 0.2) is 23.1 Å². The van der Waals surface area contributed by atoms with Gasteiger partial charge in [-0.15, -0.1) is 0 Å². The maximum atomic E-state index is 12.1. The summed E-state index contributed by atoms with van der Waals surface area (Å²) < 4.78 is 39.0. The quantitative estimate of drug-likeness (QED) is 0.673. The second-order valence-electron chi connectivity index (χ2n) is 4.09. The zero-order valence-corrected chi connectivity index (χ0v) is 12.7. The standard InChI is InChI=1S/C13H18O7S/c1-18-5-6-20-7-8-21(16,17)10-3-4-12(19-2)11(9-10)13(14)15/h3-4,9H,5-8H2,1-2H3,(H,14,15). The van der Waals surface area contributed by atoms with Crippen molar-refractivity contribution in [3.05, 3.63) is 23.8 Å². The molecule has 0 aliphatic carbocycles. The van der Waals surface area contributed by atoms with Crippen LogP contribution in [0.3, 0.4) is 0 Å². The third-order valence-electron chi connectivity index (χ3n) is 2.69. The van der Waals surface area contributed by atoms with E-state index in [1.54, 1.807) is 0 Å². The maximum Gasteiger partial charge on any atom is 0.339 e. The second-order valence-corrected chi connectivity index (χ2v) is 6.20. The number of benzene rings is 1. The summed E-state index contributed by atoms with van der Waals surface area (Å²) in [5.74, 6) is -1.37. The third kappa shape index (κ3) is 5.00. The van der Waals surface area contributed by atoms with Crippen molar-refractivity contribution in [3.63, 3.8) is 0 Å². The number of carboxylic acid groups (broad SMARTS) is 1. The van der Waals surface area contributed by atoms with E-state index >= 15 is 0 Å². The predicted octanol–water partition coefficient (Wildman–Crippen LogP) is 0.830. The molecule has 0 aromatic heterocycles. The molecule has 0 unspecified atom stereocenters. The van der Waals surface area contributed by atoms with Crippen LogP contribution in [0.4, 0.5) is 0 Å². The molecule has 1 rings (SSSR count). The highest BCUT2D eigenvalue weighted by atomic mass is 32.2. The van der Waals surface area contributed by atoms with E-state index < -0.39 is 15.8 Å². The number of aromatic carboxylic acids is 1. The summed E-state index contributed by atoms with van der Waals surface area (Å²) in [7, 11) is -0.775. The number of hydrogen-bond donors (Lipinski definition) is 1. The van der Waals surface area contributed by atoms with Crippen LogP contribution in [0.5, 0.6) is 5.75 Å². The van der Waals surface area contributed by atoms with Gasteiger partial charge in [-0.2, -0.15) is 0 Å². The highest BCUT2D eigenvalue weighted by molar-refractivity contribution is 7.91. The summed E-state index contributed by atoms with van der Waals surface area (Å²) in [4.78, 5) is 11.0. The van der Waals surface area contributed by atoms with Crippen LogP contribution in [0, 0.1) is 0 Å². The average molecular weight is 318 g/mol. The minimum absolute atomic E-state index is 0.0140. The first-order valence-corrected chi connectivity index (χ1v) is 7.78. The molecule has 0 spiro atoms. The van der Waals surface area contributed by atoms with Gasteiger partial charge in [0, 0.05) is 7.11 Å². The fourth-order valence-electron chi connectivity index (χ4n) is 1.58. The van der Waals surface area contributed by atoms with Gasteiger partial charge in [0.1, 0.15) is 11.3 Å². The lowest BCUT2D eigenvalue weighted by atomic mass is 10.2. The SMILES string of the molecule is COCCOCCS(=O)(=O)c1ccc(OC)c(C(=O)O)c1. The van der Waals surface area contributed by atoms with Crippen molar-refractivity contribution in [1.82, 2.24) is 0 Å². The number of carbonyl (C=O) groups is 1. The van der Waals surface area contributed by atoms with Crippen LogP contribution >= 0.6 is 0 Å². The van der Waals surface area contributed by atoms with Gasteiger partial charge in [0.2, 0.25) is 0 Å². The summed E-state index contributed by atoms with van der Waals surface area (Å²) in [6, 6.07) is 3.73. The van der Waals surface area contributed by atoms with E-state index in [0.29, 0.717) is 13.2 Å². The van der Waals surface area contributed by atoms with Crippen molar-refractivity contribution in [2.45, 2.75) is 4.90 Å².